The molecule has 2 atom stereocenters. The van der Waals surface area contributed by atoms with E-state index in [0.29, 0.717) is 22.3 Å². The van der Waals surface area contributed by atoms with E-state index >= 15 is 26.3 Å². The molecule has 44 heavy (non-hydrogen) atoms. The van der Waals surface area contributed by atoms with Gasteiger partial charge in [-0.1, -0.05) is 0 Å². The van der Waals surface area contributed by atoms with Crippen molar-refractivity contribution >= 4 is 35.1 Å². The Kier molecular flexibility index (Phi) is 8.80. The molecule has 0 N–H and O–H groups in total. The van der Waals surface area contributed by atoms with E-state index in [1.54, 1.807) is 37.4 Å². The average molecular weight is 752 g/mol. The van der Waals surface area contributed by atoms with Gasteiger partial charge in [0.15, 0.2) is 0 Å². The molecule has 0 bridgehead atoms. The molecule has 0 radical (unpaired) electrons. The molecule has 2 unspecified atom stereocenters. The fraction of sp³-hybridized carbons (Fsp3) is 0.529. The van der Waals surface area contributed by atoms with Crippen LogP contribution in [0.25, 0.3) is 12.2 Å². The number of hydrogen-bond donors (Lipinski definition) is 0. The molecule has 2 fully saturated rings. The molecule has 239 valence electrons. The van der Waals surface area contributed by atoms with E-state index in [9.17, 15) is 0 Å². The van der Waals surface area contributed by atoms with Gasteiger partial charge < -0.3 is 0 Å². The van der Waals surface area contributed by atoms with E-state index in [2.05, 4.69) is 0 Å². The van der Waals surface area contributed by atoms with Crippen LogP contribution in [0.5, 0.6) is 0 Å². The van der Waals surface area contributed by atoms with E-state index in [0.717, 1.165) is 75.3 Å². The van der Waals surface area contributed by atoms with Crippen LogP contribution in [-0.2, 0) is 15.6 Å². The summed E-state index contributed by atoms with van der Waals surface area (Å²) in [6.07, 6.45) is 2.56. The fourth-order valence-corrected chi connectivity index (χ4v) is 39.0. The molecule has 0 aromatic heterocycles. The topological polar surface area (TPSA) is 0 Å². The summed E-state index contributed by atoms with van der Waals surface area (Å²) in [5, 5.41) is 0. The van der Waals surface area contributed by atoms with Gasteiger partial charge in [0.25, 0.3) is 0 Å². The average Bonchev–Trinajstić information content (AvgIpc) is 3.59. The molecule has 0 aliphatic heterocycles. The molecule has 2 aromatic rings. The Morgan fingerprint density at radius 1 is 0.591 bits per heavy atom. The first kappa shape index (κ1) is 33.1. The minimum atomic E-state index is -6.27. The van der Waals surface area contributed by atoms with Gasteiger partial charge in [-0.25, -0.2) is 0 Å². The van der Waals surface area contributed by atoms with Gasteiger partial charge in [0.2, 0.25) is 0 Å². The summed E-state index contributed by atoms with van der Waals surface area (Å²) in [4.78, 5) is 0. The van der Waals surface area contributed by atoms with Crippen molar-refractivity contribution in [3.8, 4) is 0 Å². The standard InChI is InChI=1S/2C16H16F3.C2H7Si.2ClH.Zr/c2*17-16(18,19)13-9-12-7-4-8-14(15(12)10-13)11-5-2-1-3-6-11;1-3-2;;;/h2*4,7-11H,1-3,5-6H2;3H,1-2H3;2*1H;/q;;;;;+2/p-2. The first-order valence-corrected chi connectivity index (χ1v) is 32.4. The molecule has 0 heterocycles. The maximum atomic E-state index is 15.2. The van der Waals surface area contributed by atoms with Crippen molar-refractivity contribution in [2.75, 3.05) is 0 Å². The summed E-state index contributed by atoms with van der Waals surface area (Å²) in [5.41, 5.74) is 1.73. The zero-order valence-electron chi connectivity index (χ0n) is 25.1. The zero-order chi connectivity index (χ0) is 31.7. The second-order valence-electron chi connectivity index (χ2n) is 13.8. The predicted octanol–water partition coefficient (Wildman–Crippen LogP) is 12.5. The second-order valence-corrected chi connectivity index (χ2v) is 56.3. The Labute approximate surface area is 265 Å². The Hall–Kier alpha value is -0.820. The van der Waals surface area contributed by atoms with Gasteiger partial charge in [0, 0.05) is 0 Å². The second kappa shape index (κ2) is 11.7. The van der Waals surface area contributed by atoms with Gasteiger partial charge in [-0.15, -0.1) is 0 Å². The van der Waals surface area contributed by atoms with E-state index in [-0.39, 0.29) is 11.8 Å². The third kappa shape index (κ3) is 5.38. The van der Waals surface area contributed by atoms with E-state index in [1.807, 2.05) is 12.1 Å². The molecule has 0 spiro atoms. The summed E-state index contributed by atoms with van der Waals surface area (Å²) in [7, 11) is 15.7. The van der Waals surface area contributed by atoms with Gasteiger partial charge >= 0.3 is 267 Å². The van der Waals surface area contributed by atoms with Crippen molar-refractivity contribution in [3.63, 3.8) is 0 Å². The molecule has 6 rings (SSSR count). The summed E-state index contributed by atoms with van der Waals surface area (Å²) < 4.78 is 88.0. The first-order valence-electron chi connectivity index (χ1n) is 16.0. The third-order valence-electron chi connectivity index (χ3n) is 11.1. The van der Waals surface area contributed by atoms with Crippen molar-refractivity contribution in [1.82, 2.24) is 0 Å². The number of alkyl halides is 6. The Morgan fingerprint density at radius 3 is 1.25 bits per heavy atom. The van der Waals surface area contributed by atoms with Crippen LogP contribution in [-0.4, -0.2) is 18.3 Å². The van der Waals surface area contributed by atoms with Gasteiger partial charge in [-0.3, -0.25) is 0 Å². The number of halogens is 8. The number of benzene rings is 2. The number of hydrogen-bond acceptors (Lipinski definition) is 0. The monoisotopic (exact) mass is 749 g/mol. The maximum absolute atomic E-state index is 15.2. The summed E-state index contributed by atoms with van der Waals surface area (Å²) in [6.45, 7) is 3.55. The van der Waals surface area contributed by atoms with Crippen molar-refractivity contribution < 1.29 is 41.9 Å². The molecule has 2 saturated carbocycles. The van der Waals surface area contributed by atoms with Crippen LogP contribution in [0.2, 0.25) is 13.1 Å². The van der Waals surface area contributed by atoms with Crippen molar-refractivity contribution in [2.24, 2.45) is 0 Å². The number of allylic oxidation sites excluding steroid dienone is 2. The summed E-state index contributed by atoms with van der Waals surface area (Å²) in [6, 6.07) is 10.6. The molecule has 0 amide bonds. The minimum absolute atomic E-state index is 0.113. The molecule has 0 saturated heterocycles. The van der Waals surface area contributed by atoms with E-state index in [4.69, 9.17) is 17.0 Å². The van der Waals surface area contributed by atoms with Crippen LogP contribution in [0.3, 0.4) is 0 Å². The van der Waals surface area contributed by atoms with Gasteiger partial charge in [-0.05, 0) is 0 Å². The quantitative estimate of drug-likeness (QED) is 0.211. The number of rotatable bonds is 5. The molecule has 4 aliphatic rings. The molecule has 10 heteroatoms. The molecular formula is C34H39Cl2F6SiZr. The van der Waals surface area contributed by atoms with Crippen LogP contribution in [0.15, 0.2) is 47.5 Å². The van der Waals surface area contributed by atoms with Gasteiger partial charge in [0.05, 0.1) is 0 Å². The van der Waals surface area contributed by atoms with Gasteiger partial charge in [0.1, 0.15) is 0 Å². The molecular weight excluding hydrogens is 713 g/mol. The molecule has 2 aromatic carbocycles. The Morgan fingerprint density at radius 2 is 0.932 bits per heavy atom. The van der Waals surface area contributed by atoms with Crippen LogP contribution in [0.4, 0.5) is 26.3 Å². The van der Waals surface area contributed by atoms with Crippen LogP contribution in [0, 0.1) is 0 Å². The van der Waals surface area contributed by atoms with Crippen LogP contribution in [0.1, 0.15) is 117 Å². The van der Waals surface area contributed by atoms with Crippen molar-refractivity contribution in [2.45, 2.75) is 109 Å². The third-order valence-corrected chi connectivity index (χ3v) is 62.7. The van der Waals surface area contributed by atoms with Crippen molar-refractivity contribution in [1.29, 1.82) is 0 Å². The fourth-order valence-electron chi connectivity index (χ4n) is 8.90. The van der Waals surface area contributed by atoms with Gasteiger partial charge in [-0.2, -0.15) is 0 Å². The van der Waals surface area contributed by atoms with E-state index < -0.39 is 52.2 Å². The summed E-state index contributed by atoms with van der Waals surface area (Å²) >= 11 is -6.27. The van der Waals surface area contributed by atoms with Crippen LogP contribution >= 0.6 is 17.0 Å². The summed E-state index contributed by atoms with van der Waals surface area (Å²) in [5.74, 6) is -2.38. The zero-order valence-corrected chi connectivity index (χ0v) is 30.2. The molecule has 4 aliphatic carbocycles. The molecule has 0 nitrogen and oxygen atoms in total. The van der Waals surface area contributed by atoms with Crippen molar-refractivity contribution in [3.05, 3.63) is 80.9 Å². The van der Waals surface area contributed by atoms with Crippen LogP contribution < -0.4 is 0 Å². The predicted molar refractivity (Wildman–Crippen MR) is 169 cm³/mol. The van der Waals surface area contributed by atoms with E-state index in [1.165, 1.54) is 12.2 Å². The normalized spacial score (nSPS) is 24.5. The Bertz CT molecular complexity index is 1390. The Balaban J connectivity index is 1.60. The number of fused-ring (bicyclic) bond motifs is 2. The SMILES string of the molecule is C[SiH](C)[Zr]([Cl])([Cl])([CH]1C(C(F)(F)F)=Cc2c(C3CCCCC3)cccc21)[CH]1C(C(F)(F)F)=Cc2c(C3CCCCC3)cccc21. The first-order chi connectivity index (χ1) is 20.6.